The lowest BCUT2D eigenvalue weighted by atomic mass is 9.85. The second kappa shape index (κ2) is 8.55. The monoisotopic (exact) mass is 393 g/mol. The number of carbonyl (C=O) groups excluding carboxylic acids is 2. The molecule has 0 unspecified atom stereocenters. The van der Waals surface area contributed by atoms with Gasteiger partial charge in [-0.25, -0.2) is 4.79 Å². The van der Waals surface area contributed by atoms with E-state index < -0.39 is 0 Å². The minimum absolute atomic E-state index is 0.00493. The van der Waals surface area contributed by atoms with E-state index in [4.69, 9.17) is 4.74 Å². The van der Waals surface area contributed by atoms with E-state index in [9.17, 15) is 9.59 Å². The average molecular weight is 393 g/mol. The zero-order valence-corrected chi connectivity index (χ0v) is 16.8. The van der Waals surface area contributed by atoms with Crippen LogP contribution in [-0.4, -0.2) is 37.0 Å². The Morgan fingerprint density at radius 2 is 1.90 bits per heavy atom. The number of rotatable bonds is 6. The molecule has 2 aliphatic rings. The van der Waals surface area contributed by atoms with Crippen molar-refractivity contribution in [3.8, 4) is 5.75 Å². The van der Waals surface area contributed by atoms with E-state index in [-0.39, 0.29) is 17.9 Å². The average Bonchev–Trinajstić information content (AvgIpc) is 2.69. The van der Waals surface area contributed by atoms with Gasteiger partial charge in [0.2, 0.25) is 5.91 Å². The molecule has 0 atom stereocenters. The molecule has 1 heterocycles. The number of amides is 3. The molecule has 1 N–H and O–H groups in total. The van der Waals surface area contributed by atoms with Crippen molar-refractivity contribution < 1.29 is 14.3 Å². The van der Waals surface area contributed by atoms with Gasteiger partial charge in [0.1, 0.15) is 5.75 Å². The Bertz CT molecular complexity index is 877. The van der Waals surface area contributed by atoms with Gasteiger partial charge in [-0.15, -0.1) is 0 Å². The van der Waals surface area contributed by atoms with Gasteiger partial charge in [0, 0.05) is 36.9 Å². The maximum atomic E-state index is 13.0. The van der Waals surface area contributed by atoms with Crippen LogP contribution in [0, 0.1) is 5.92 Å². The fourth-order valence-electron chi connectivity index (χ4n) is 3.80. The van der Waals surface area contributed by atoms with Crippen molar-refractivity contribution in [2.75, 3.05) is 30.4 Å². The van der Waals surface area contributed by atoms with Crippen LogP contribution in [0.3, 0.4) is 0 Å². The number of urea groups is 1. The summed E-state index contributed by atoms with van der Waals surface area (Å²) >= 11 is 0. The van der Waals surface area contributed by atoms with E-state index in [1.807, 2.05) is 53.4 Å². The molecule has 0 bridgehead atoms. The molecule has 3 amide bonds. The molecule has 1 aliphatic carbocycles. The van der Waals surface area contributed by atoms with Gasteiger partial charge in [0.05, 0.1) is 7.11 Å². The van der Waals surface area contributed by atoms with Crippen molar-refractivity contribution >= 4 is 23.3 Å². The second-order valence-electron chi connectivity index (χ2n) is 7.72. The molecule has 152 valence electrons. The second-order valence-corrected chi connectivity index (χ2v) is 7.72. The van der Waals surface area contributed by atoms with Crippen LogP contribution >= 0.6 is 0 Å². The van der Waals surface area contributed by atoms with E-state index in [0.717, 1.165) is 54.9 Å². The minimum Gasteiger partial charge on any atom is -0.497 e. The van der Waals surface area contributed by atoms with Crippen LogP contribution in [0.25, 0.3) is 0 Å². The Hall–Kier alpha value is -3.02. The summed E-state index contributed by atoms with van der Waals surface area (Å²) in [6.45, 7) is 1.99. The van der Waals surface area contributed by atoms with Crippen LogP contribution in [0.4, 0.5) is 16.2 Å². The molecule has 1 saturated heterocycles. The fourth-order valence-corrected chi connectivity index (χ4v) is 3.80. The van der Waals surface area contributed by atoms with Crippen molar-refractivity contribution in [2.24, 2.45) is 5.92 Å². The molecule has 2 fully saturated rings. The third-order valence-corrected chi connectivity index (χ3v) is 5.74. The van der Waals surface area contributed by atoms with Gasteiger partial charge < -0.3 is 15.0 Å². The molecular formula is C23H27N3O3. The maximum absolute atomic E-state index is 13.0. The van der Waals surface area contributed by atoms with Crippen LogP contribution in [0.15, 0.2) is 48.5 Å². The summed E-state index contributed by atoms with van der Waals surface area (Å²) in [6, 6.07) is 15.4. The standard InChI is InChI=1S/C23H27N3O3/c1-29-21-8-2-5-17(15-21)16-25-13-4-14-26(23(25)28)20-11-9-19(10-12-20)24-22(27)18-6-3-7-18/h2,5,8-12,15,18H,3-4,6-7,13-14,16H2,1H3,(H,24,27). The first kappa shape index (κ1) is 19.3. The van der Waals surface area contributed by atoms with Crippen molar-refractivity contribution in [1.29, 1.82) is 0 Å². The number of ether oxygens (including phenoxy) is 1. The van der Waals surface area contributed by atoms with Crippen LogP contribution in [0.5, 0.6) is 5.75 Å². The minimum atomic E-state index is 0.00493. The zero-order chi connectivity index (χ0) is 20.2. The molecule has 4 rings (SSSR count). The summed E-state index contributed by atoms with van der Waals surface area (Å²) in [6.07, 6.45) is 4.01. The molecule has 6 nitrogen and oxygen atoms in total. The van der Waals surface area contributed by atoms with Gasteiger partial charge >= 0.3 is 6.03 Å². The number of hydrogen-bond acceptors (Lipinski definition) is 3. The molecule has 1 saturated carbocycles. The first-order valence-corrected chi connectivity index (χ1v) is 10.2. The zero-order valence-electron chi connectivity index (χ0n) is 16.8. The molecule has 29 heavy (non-hydrogen) atoms. The van der Waals surface area contributed by atoms with Gasteiger partial charge in [-0.2, -0.15) is 0 Å². The number of nitrogens with one attached hydrogen (secondary N) is 1. The van der Waals surface area contributed by atoms with Gasteiger partial charge in [0.15, 0.2) is 0 Å². The lowest BCUT2D eigenvalue weighted by Crippen LogP contribution is -2.49. The Balaban J connectivity index is 1.41. The third-order valence-electron chi connectivity index (χ3n) is 5.74. The van der Waals surface area contributed by atoms with Crippen LogP contribution in [-0.2, 0) is 11.3 Å². The lowest BCUT2D eigenvalue weighted by Gasteiger charge is -2.35. The Kier molecular flexibility index (Phi) is 5.69. The highest BCUT2D eigenvalue weighted by molar-refractivity contribution is 5.95. The summed E-state index contributed by atoms with van der Waals surface area (Å²) in [4.78, 5) is 28.8. The van der Waals surface area contributed by atoms with Crippen molar-refractivity contribution in [2.45, 2.75) is 32.2 Å². The number of benzene rings is 2. The number of hydrogen-bond donors (Lipinski definition) is 1. The molecule has 1 aliphatic heterocycles. The molecule has 6 heteroatoms. The summed E-state index contributed by atoms with van der Waals surface area (Å²) in [5.74, 6) is 1.05. The summed E-state index contributed by atoms with van der Waals surface area (Å²) in [5.41, 5.74) is 2.68. The smallest absolute Gasteiger partial charge is 0.324 e. The van der Waals surface area contributed by atoms with Crippen molar-refractivity contribution in [3.05, 3.63) is 54.1 Å². The molecule has 2 aromatic carbocycles. The first-order valence-electron chi connectivity index (χ1n) is 10.2. The van der Waals surface area contributed by atoms with E-state index in [2.05, 4.69) is 5.32 Å². The van der Waals surface area contributed by atoms with Crippen LogP contribution in [0.2, 0.25) is 0 Å². The van der Waals surface area contributed by atoms with Gasteiger partial charge in [-0.05, 0) is 61.2 Å². The molecule has 0 spiro atoms. The Labute approximate surface area is 171 Å². The molecule has 2 aromatic rings. The third kappa shape index (κ3) is 4.36. The van der Waals surface area contributed by atoms with Gasteiger partial charge in [-0.3, -0.25) is 9.69 Å². The van der Waals surface area contributed by atoms with Crippen molar-refractivity contribution in [3.63, 3.8) is 0 Å². The maximum Gasteiger partial charge on any atom is 0.324 e. The Morgan fingerprint density at radius 3 is 2.59 bits per heavy atom. The van der Waals surface area contributed by atoms with Gasteiger partial charge in [-0.1, -0.05) is 18.6 Å². The SMILES string of the molecule is COc1cccc(CN2CCCN(c3ccc(NC(=O)C4CCC4)cc3)C2=O)c1. The quantitative estimate of drug-likeness (QED) is 0.797. The number of anilines is 2. The number of nitrogens with zero attached hydrogens (tertiary/aromatic N) is 2. The fraction of sp³-hybridized carbons (Fsp3) is 0.391. The van der Waals surface area contributed by atoms with E-state index in [1.165, 1.54) is 0 Å². The first-order chi connectivity index (χ1) is 14.1. The summed E-state index contributed by atoms with van der Waals surface area (Å²) < 4.78 is 5.28. The normalized spacial score (nSPS) is 17.1. The van der Waals surface area contributed by atoms with Gasteiger partial charge in [0.25, 0.3) is 0 Å². The van der Waals surface area contributed by atoms with E-state index in [0.29, 0.717) is 13.1 Å². The summed E-state index contributed by atoms with van der Waals surface area (Å²) in [5, 5.41) is 2.97. The highest BCUT2D eigenvalue weighted by Gasteiger charge is 2.27. The number of methoxy groups -OCH3 is 1. The lowest BCUT2D eigenvalue weighted by molar-refractivity contribution is -0.122. The molecule has 0 radical (unpaired) electrons. The largest absolute Gasteiger partial charge is 0.497 e. The topological polar surface area (TPSA) is 61.9 Å². The molecule has 0 aromatic heterocycles. The van der Waals surface area contributed by atoms with E-state index >= 15 is 0 Å². The van der Waals surface area contributed by atoms with Crippen LogP contribution < -0.4 is 15.0 Å². The molecular weight excluding hydrogens is 366 g/mol. The van der Waals surface area contributed by atoms with E-state index in [1.54, 1.807) is 12.0 Å². The number of carbonyl (C=O) groups is 2. The predicted molar refractivity (Wildman–Crippen MR) is 113 cm³/mol. The Morgan fingerprint density at radius 1 is 1.10 bits per heavy atom. The summed E-state index contributed by atoms with van der Waals surface area (Å²) in [7, 11) is 1.64. The highest BCUT2D eigenvalue weighted by Crippen LogP contribution is 2.28. The predicted octanol–water partition coefficient (Wildman–Crippen LogP) is 4.27. The van der Waals surface area contributed by atoms with Crippen LogP contribution in [0.1, 0.15) is 31.2 Å². The van der Waals surface area contributed by atoms with Crippen molar-refractivity contribution in [1.82, 2.24) is 4.90 Å². The highest BCUT2D eigenvalue weighted by atomic mass is 16.5.